The van der Waals surface area contributed by atoms with Crippen LogP contribution in [0.4, 0.5) is 5.82 Å². The van der Waals surface area contributed by atoms with Crippen LogP contribution < -0.4 is 10.2 Å². The van der Waals surface area contributed by atoms with Crippen LogP contribution in [-0.4, -0.2) is 48.7 Å². The molecule has 0 radical (unpaired) electrons. The molecule has 7 heteroatoms. The second-order valence-electron chi connectivity index (χ2n) is 6.73. The van der Waals surface area contributed by atoms with Crippen LogP contribution in [0.5, 0.6) is 0 Å². The van der Waals surface area contributed by atoms with Gasteiger partial charge in [0, 0.05) is 50.1 Å². The predicted octanol–water partition coefficient (Wildman–Crippen LogP) is 3.39. The van der Waals surface area contributed by atoms with Gasteiger partial charge in [0.25, 0.3) is 0 Å². The number of ether oxygens (including phenoxy) is 1. The van der Waals surface area contributed by atoms with Crippen molar-refractivity contribution in [2.24, 2.45) is 5.92 Å². The molecule has 150 valence electrons. The first-order valence-corrected chi connectivity index (χ1v) is 10.7. The highest BCUT2D eigenvalue weighted by molar-refractivity contribution is 7.99. The first kappa shape index (κ1) is 20.6. The molecule has 2 aromatic rings. The highest BCUT2D eigenvalue weighted by atomic mass is 32.2. The summed E-state index contributed by atoms with van der Waals surface area (Å²) in [6.45, 7) is 5.62. The second kappa shape index (κ2) is 11.0. The number of carbonyl (C=O) groups is 1. The maximum absolute atomic E-state index is 12.6. The largest absolute Gasteiger partial charge is 0.382 e. The summed E-state index contributed by atoms with van der Waals surface area (Å²) in [7, 11) is 0. The molecule has 0 aliphatic carbocycles. The molecular weight excluding hydrogens is 372 g/mol. The highest BCUT2D eigenvalue weighted by Crippen LogP contribution is 2.33. The van der Waals surface area contributed by atoms with E-state index in [9.17, 15) is 4.79 Å². The van der Waals surface area contributed by atoms with E-state index in [1.165, 1.54) is 0 Å². The summed E-state index contributed by atoms with van der Waals surface area (Å²) in [5.74, 6) is 0.977. The Morgan fingerprint density at radius 2 is 2.11 bits per heavy atom. The SMILES string of the molecule is CCOCCCNC(=O)[C@@H]1CCCN(c2nccnc2Sc2ccccc2)C1. The summed E-state index contributed by atoms with van der Waals surface area (Å²) in [6, 6.07) is 10.2. The van der Waals surface area contributed by atoms with Gasteiger partial charge in [0.1, 0.15) is 5.03 Å². The Morgan fingerprint density at radius 1 is 1.29 bits per heavy atom. The van der Waals surface area contributed by atoms with Gasteiger partial charge in [-0.2, -0.15) is 0 Å². The van der Waals surface area contributed by atoms with Crippen LogP contribution in [0.25, 0.3) is 0 Å². The fraction of sp³-hybridized carbons (Fsp3) is 0.476. The lowest BCUT2D eigenvalue weighted by atomic mass is 9.97. The zero-order valence-corrected chi connectivity index (χ0v) is 17.2. The Bertz CT molecular complexity index is 744. The summed E-state index contributed by atoms with van der Waals surface area (Å²) in [5.41, 5.74) is 0. The van der Waals surface area contributed by atoms with E-state index >= 15 is 0 Å². The van der Waals surface area contributed by atoms with Crippen molar-refractivity contribution in [3.05, 3.63) is 42.7 Å². The monoisotopic (exact) mass is 400 g/mol. The molecule has 6 nitrogen and oxygen atoms in total. The van der Waals surface area contributed by atoms with Gasteiger partial charge in [0.15, 0.2) is 5.82 Å². The number of nitrogens with one attached hydrogen (secondary N) is 1. The predicted molar refractivity (Wildman–Crippen MR) is 112 cm³/mol. The average molecular weight is 401 g/mol. The fourth-order valence-corrected chi connectivity index (χ4v) is 4.17. The summed E-state index contributed by atoms with van der Waals surface area (Å²) in [6.07, 6.45) is 6.18. The Hall–Kier alpha value is -2.12. The Morgan fingerprint density at radius 3 is 2.93 bits per heavy atom. The molecule has 28 heavy (non-hydrogen) atoms. The third kappa shape index (κ3) is 5.94. The average Bonchev–Trinajstić information content (AvgIpc) is 2.75. The van der Waals surface area contributed by atoms with Gasteiger partial charge in [-0.05, 0) is 38.3 Å². The number of hydrogen-bond donors (Lipinski definition) is 1. The lowest BCUT2D eigenvalue weighted by Crippen LogP contribution is -2.44. The molecule has 1 amide bonds. The number of benzene rings is 1. The molecule has 1 N–H and O–H groups in total. The number of aromatic nitrogens is 2. The topological polar surface area (TPSA) is 67.3 Å². The maximum atomic E-state index is 12.6. The van der Waals surface area contributed by atoms with Crippen molar-refractivity contribution in [3.8, 4) is 0 Å². The third-order valence-electron chi connectivity index (χ3n) is 4.66. The second-order valence-corrected chi connectivity index (χ2v) is 7.79. The number of anilines is 1. The number of rotatable bonds is 9. The molecule has 0 bridgehead atoms. The van der Waals surface area contributed by atoms with E-state index in [0.29, 0.717) is 26.3 Å². The molecule has 1 saturated heterocycles. The summed E-state index contributed by atoms with van der Waals surface area (Å²) >= 11 is 1.61. The van der Waals surface area contributed by atoms with Crippen molar-refractivity contribution >= 4 is 23.5 Å². The Balaban J connectivity index is 1.60. The smallest absolute Gasteiger partial charge is 0.224 e. The van der Waals surface area contributed by atoms with Crippen LogP contribution in [0.2, 0.25) is 0 Å². The minimum atomic E-state index is -0.0163. The van der Waals surface area contributed by atoms with E-state index < -0.39 is 0 Å². The maximum Gasteiger partial charge on any atom is 0.224 e. The molecular formula is C21H28N4O2S. The molecule has 3 rings (SSSR count). The number of amides is 1. The number of hydrogen-bond acceptors (Lipinski definition) is 6. The molecule has 0 spiro atoms. The van der Waals surface area contributed by atoms with Crippen molar-refractivity contribution in [1.29, 1.82) is 0 Å². The van der Waals surface area contributed by atoms with Crippen LogP contribution >= 0.6 is 11.8 Å². The molecule has 1 aliphatic heterocycles. The molecule has 2 heterocycles. The van der Waals surface area contributed by atoms with Crippen LogP contribution in [0.1, 0.15) is 26.2 Å². The molecule has 1 aliphatic rings. The summed E-state index contributed by atoms with van der Waals surface area (Å²) < 4.78 is 5.32. The first-order chi connectivity index (χ1) is 13.8. The molecule has 1 fully saturated rings. The third-order valence-corrected chi connectivity index (χ3v) is 5.65. The van der Waals surface area contributed by atoms with Gasteiger partial charge in [-0.25, -0.2) is 9.97 Å². The van der Waals surface area contributed by atoms with Gasteiger partial charge < -0.3 is 15.0 Å². The van der Waals surface area contributed by atoms with Crippen LogP contribution in [-0.2, 0) is 9.53 Å². The van der Waals surface area contributed by atoms with E-state index in [1.807, 2.05) is 25.1 Å². The van der Waals surface area contributed by atoms with E-state index in [1.54, 1.807) is 24.2 Å². The standard InChI is InChI=1S/C21H28N4O2S/c1-2-27-15-7-11-23-20(26)17-8-6-14-25(16-17)19-21(24-13-12-22-19)28-18-9-4-3-5-10-18/h3-5,9-10,12-13,17H,2,6-8,11,14-16H2,1H3,(H,23,26)/t17-/m1/s1. The van der Waals surface area contributed by atoms with E-state index in [4.69, 9.17) is 4.74 Å². The summed E-state index contributed by atoms with van der Waals surface area (Å²) in [5, 5.41) is 3.93. The lowest BCUT2D eigenvalue weighted by molar-refractivity contribution is -0.125. The lowest BCUT2D eigenvalue weighted by Gasteiger charge is -2.33. The van der Waals surface area contributed by atoms with Gasteiger partial charge >= 0.3 is 0 Å². The van der Waals surface area contributed by atoms with Gasteiger partial charge in [-0.3, -0.25) is 4.79 Å². The summed E-state index contributed by atoms with van der Waals surface area (Å²) in [4.78, 5) is 25.0. The van der Waals surface area contributed by atoms with E-state index in [2.05, 4.69) is 32.3 Å². The Labute approximate surface area is 171 Å². The molecule has 1 aromatic heterocycles. The molecule has 0 unspecified atom stereocenters. The van der Waals surface area contributed by atoms with Gasteiger partial charge in [0.2, 0.25) is 5.91 Å². The zero-order valence-electron chi connectivity index (χ0n) is 16.3. The van der Waals surface area contributed by atoms with Crippen molar-refractivity contribution in [1.82, 2.24) is 15.3 Å². The number of carbonyl (C=O) groups excluding carboxylic acids is 1. The van der Waals surface area contributed by atoms with Gasteiger partial charge in [0.05, 0.1) is 5.92 Å². The van der Waals surface area contributed by atoms with Crippen LogP contribution in [0, 0.1) is 5.92 Å². The minimum absolute atomic E-state index is 0.0163. The van der Waals surface area contributed by atoms with Crippen molar-refractivity contribution < 1.29 is 9.53 Å². The molecule has 1 aromatic carbocycles. The van der Waals surface area contributed by atoms with Gasteiger partial charge in [-0.1, -0.05) is 30.0 Å². The van der Waals surface area contributed by atoms with Crippen molar-refractivity contribution in [2.75, 3.05) is 37.7 Å². The van der Waals surface area contributed by atoms with E-state index in [0.717, 1.165) is 41.5 Å². The first-order valence-electron chi connectivity index (χ1n) is 9.92. The van der Waals surface area contributed by atoms with Crippen molar-refractivity contribution in [2.45, 2.75) is 36.1 Å². The minimum Gasteiger partial charge on any atom is -0.382 e. The number of nitrogens with zero attached hydrogens (tertiary/aromatic N) is 3. The van der Waals surface area contributed by atoms with Crippen molar-refractivity contribution in [3.63, 3.8) is 0 Å². The zero-order chi connectivity index (χ0) is 19.6. The normalized spacial score (nSPS) is 16.8. The van der Waals surface area contributed by atoms with Gasteiger partial charge in [-0.15, -0.1) is 0 Å². The van der Waals surface area contributed by atoms with E-state index in [-0.39, 0.29) is 11.8 Å². The highest BCUT2D eigenvalue weighted by Gasteiger charge is 2.28. The Kier molecular flexibility index (Phi) is 8.11. The molecule has 1 atom stereocenters. The van der Waals surface area contributed by atoms with Crippen LogP contribution in [0.15, 0.2) is 52.6 Å². The fourth-order valence-electron chi connectivity index (χ4n) is 3.27. The molecule has 0 saturated carbocycles. The quantitative estimate of drug-likeness (QED) is 0.651. The van der Waals surface area contributed by atoms with Crippen LogP contribution in [0.3, 0.4) is 0 Å². The number of piperidine rings is 1.